The van der Waals surface area contributed by atoms with Crippen molar-refractivity contribution in [2.45, 2.75) is 11.7 Å². The summed E-state index contributed by atoms with van der Waals surface area (Å²) in [6.07, 6.45) is 0. The minimum absolute atomic E-state index is 0.148. The summed E-state index contributed by atoms with van der Waals surface area (Å²) in [4.78, 5) is 12.0. The van der Waals surface area contributed by atoms with E-state index in [-0.39, 0.29) is 17.5 Å². The standard InChI is InChI=1S/C18H18FN5O2S/c1-26-15-8-2-12(3-9-15)10-21-16(25)11-27-18-23-22-17(24(18)20)13-4-6-14(19)7-5-13/h2-9H,10-11,20H2,1H3,(H,21,25). The van der Waals surface area contributed by atoms with Gasteiger partial charge in [0.05, 0.1) is 12.9 Å². The van der Waals surface area contributed by atoms with Crippen LogP contribution in [0, 0.1) is 5.82 Å². The van der Waals surface area contributed by atoms with Crippen molar-refractivity contribution < 1.29 is 13.9 Å². The Morgan fingerprint density at radius 1 is 1.19 bits per heavy atom. The fourth-order valence-electron chi connectivity index (χ4n) is 2.30. The number of carbonyl (C=O) groups excluding carboxylic acids is 1. The average Bonchev–Trinajstić information content (AvgIpc) is 3.06. The summed E-state index contributed by atoms with van der Waals surface area (Å²) in [5.74, 6) is 6.80. The first-order chi connectivity index (χ1) is 13.1. The summed E-state index contributed by atoms with van der Waals surface area (Å²) < 4.78 is 19.4. The van der Waals surface area contributed by atoms with E-state index in [1.165, 1.54) is 28.6 Å². The molecule has 1 amide bonds. The molecule has 0 atom stereocenters. The van der Waals surface area contributed by atoms with E-state index >= 15 is 0 Å². The smallest absolute Gasteiger partial charge is 0.230 e. The van der Waals surface area contributed by atoms with Crippen molar-refractivity contribution in [3.8, 4) is 17.1 Å². The lowest BCUT2D eigenvalue weighted by molar-refractivity contribution is -0.118. The number of amides is 1. The number of benzene rings is 2. The van der Waals surface area contributed by atoms with Gasteiger partial charge in [-0.2, -0.15) is 0 Å². The molecule has 0 saturated carbocycles. The van der Waals surface area contributed by atoms with Gasteiger partial charge in [0.1, 0.15) is 11.6 Å². The quantitative estimate of drug-likeness (QED) is 0.477. The highest BCUT2D eigenvalue weighted by Crippen LogP contribution is 2.21. The minimum atomic E-state index is -0.343. The summed E-state index contributed by atoms with van der Waals surface area (Å²) >= 11 is 1.17. The molecule has 0 aliphatic carbocycles. The Morgan fingerprint density at radius 3 is 2.56 bits per heavy atom. The second kappa shape index (κ2) is 8.54. The Morgan fingerprint density at radius 2 is 1.89 bits per heavy atom. The van der Waals surface area contributed by atoms with Gasteiger partial charge in [0.25, 0.3) is 0 Å². The number of methoxy groups -OCH3 is 1. The molecule has 2 aromatic carbocycles. The molecule has 0 fully saturated rings. The molecule has 3 N–H and O–H groups in total. The molecule has 27 heavy (non-hydrogen) atoms. The molecule has 0 radical (unpaired) electrons. The van der Waals surface area contributed by atoms with Crippen LogP contribution in [0.3, 0.4) is 0 Å². The van der Waals surface area contributed by atoms with E-state index < -0.39 is 0 Å². The van der Waals surface area contributed by atoms with Gasteiger partial charge in [-0.1, -0.05) is 23.9 Å². The lowest BCUT2D eigenvalue weighted by atomic mass is 10.2. The van der Waals surface area contributed by atoms with Crippen molar-refractivity contribution in [2.24, 2.45) is 0 Å². The average molecular weight is 387 g/mol. The van der Waals surface area contributed by atoms with Gasteiger partial charge >= 0.3 is 0 Å². The molecule has 1 aromatic heterocycles. The number of nitrogens with two attached hydrogens (primary N) is 1. The molecule has 0 aliphatic rings. The number of hydrogen-bond acceptors (Lipinski definition) is 6. The van der Waals surface area contributed by atoms with Gasteiger partial charge in [0, 0.05) is 12.1 Å². The van der Waals surface area contributed by atoms with Gasteiger partial charge in [-0.3, -0.25) is 4.79 Å². The van der Waals surface area contributed by atoms with Crippen molar-refractivity contribution in [3.63, 3.8) is 0 Å². The van der Waals surface area contributed by atoms with Crippen molar-refractivity contribution in [1.82, 2.24) is 20.2 Å². The predicted molar refractivity (Wildman–Crippen MR) is 101 cm³/mol. The maximum Gasteiger partial charge on any atom is 0.230 e. The number of nitrogens with one attached hydrogen (secondary N) is 1. The largest absolute Gasteiger partial charge is 0.497 e. The van der Waals surface area contributed by atoms with E-state index in [2.05, 4.69) is 15.5 Å². The molecule has 3 rings (SSSR count). The lowest BCUT2D eigenvalue weighted by Crippen LogP contribution is -2.25. The third-order valence-corrected chi connectivity index (χ3v) is 4.69. The van der Waals surface area contributed by atoms with Gasteiger partial charge in [-0.15, -0.1) is 10.2 Å². The molecule has 7 nitrogen and oxygen atoms in total. The summed E-state index contributed by atoms with van der Waals surface area (Å²) in [7, 11) is 1.60. The molecular weight excluding hydrogens is 369 g/mol. The van der Waals surface area contributed by atoms with Crippen molar-refractivity contribution >= 4 is 17.7 Å². The maximum absolute atomic E-state index is 13.0. The molecule has 3 aromatic rings. The highest BCUT2D eigenvalue weighted by atomic mass is 32.2. The molecular formula is C18H18FN5O2S. The monoisotopic (exact) mass is 387 g/mol. The molecule has 140 valence electrons. The second-order valence-electron chi connectivity index (χ2n) is 5.60. The van der Waals surface area contributed by atoms with Crippen LogP contribution in [-0.4, -0.2) is 33.6 Å². The summed E-state index contributed by atoms with van der Waals surface area (Å²) in [6.45, 7) is 0.416. The lowest BCUT2D eigenvalue weighted by Gasteiger charge is -2.06. The molecule has 1 heterocycles. The summed E-state index contributed by atoms with van der Waals surface area (Å²) in [5, 5.41) is 11.2. The van der Waals surface area contributed by atoms with E-state index in [4.69, 9.17) is 10.6 Å². The minimum Gasteiger partial charge on any atom is -0.497 e. The Balaban J connectivity index is 1.53. The van der Waals surface area contributed by atoms with Crippen LogP contribution in [0.25, 0.3) is 11.4 Å². The molecule has 9 heteroatoms. The second-order valence-corrected chi connectivity index (χ2v) is 6.54. The first-order valence-corrected chi connectivity index (χ1v) is 9.04. The molecule has 0 spiro atoms. The zero-order valence-electron chi connectivity index (χ0n) is 14.6. The number of halogens is 1. The number of thioether (sulfide) groups is 1. The number of aromatic nitrogens is 3. The SMILES string of the molecule is COc1ccc(CNC(=O)CSc2nnc(-c3ccc(F)cc3)n2N)cc1. The zero-order chi connectivity index (χ0) is 19.2. The van der Waals surface area contributed by atoms with Crippen LogP contribution in [0.1, 0.15) is 5.56 Å². The van der Waals surface area contributed by atoms with Crippen molar-refractivity contribution in [1.29, 1.82) is 0 Å². The normalized spacial score (nSPS) is 10.6. The highest BCUT2D eigenvalue weighted by molar-refractivity contribution is 7.99. The first kappa shape index (κ1) is 18.7. The number of rotatable bonds is 7. The van der Waals surface area contributed by atoms with E-state index in [0.29, 0.717) is 23.1 Å². The maximum atomic E-state index is 13.0. The number of ether oxygens (including phenoxy) is 1. The van der Waals surface area contributed by atoms with Gasteiger partial charge in [0.15, 0.2) is 5.82 Å². The summed E-state index contributed by atoms with van der Waals surface area (Å²) in [5.41, 5.74) is 1.61. The molecule has 0 aliphatic heterocycles. The molecule has 0 unspecified atom stereocenters. The number of carbonyl (C=O) groups is 1. The van der Waals surface area contributed by atoms with E-state index in [0.717, 1.165) is 11.3 Å². The van der Waals surface area contributed by atoms with Gasteiger partial charge in [-0.25, -0.2) is 9.07 Å². The van der Waals surface area contributed by atoms with Gasteiger partial charge in [-0.05, 0) is 42.0 Å². The number of nitrogen functional groups attached to an aromatic ring is 1. The van der Waals surface area contributed by atoms with Crippen LogP contribution in [0.5, 0.6) is 5.75 Å². The Labute approximate surface area is 159 Å². The van der Waals surface area contributed by atoms with E-state index in [1.807, 2.05) is 24.3 Å². The Kier molecular flexibility index (Phi) is 5.92. The first-order valence-electron chi connectivity index (χ1n) is 8.05. The van der Waals surface area contributed by atoms with E-state index in [1.54, 1.807) is 19.2 Å². The van der Waals surface area contributed by atoms with Crippen LogP contribution in [0.2, 0.25) is 0 Å². The van der Waals surface area contributed by atoms with Crippen LogP contribution < -0.4 is 15.9 Å². The van der Waals surface area contributed by atoms with Gasteiger partial charge < -0.3 is 15.9 Å². The third kappa shape index (κ3) is 4.76. The van der Waals surface area contributed by atoms with Gasteiger partial charge in [0.2, 0.25) is 11.1 Å². The van der Waals surface area contributed by atoms with E-state index in [9.17, 15) is 9.18 Å². The van der Waals surface area contributed by atoms with Crippen LogP contribution in [0.15, 0.2) is 53.7 Å². The van der Waals surface area contributed by atoms with Crippen LogP contribution >= 0.6 is 11.8 Å². The number of hydrogen-bond donors (Lipinski definition) is 2. The highest BCUT2D eigenvalue weighted by Gasteiger charge is 2.13. The molecule has 0 bridgehead atoms. The Bertz CT molecular complexity index is 913. The topological polar surface area (TPSA) is 95.1 Å². The number of nitrogens with zero attached hydrogens (tertiary/aromatic N) is 3. The van der Waals surface area contributed by atoms with Crippen molar-refractivity contribution in [3.05, 3.63) is 59.9 Å². The zero-order valence-corrected chi connectivity index (χ0v) is 15.4. The summed E-state index contributed by atoms with van der Waals surface area (Å²) in [6, 6.07) is 13.2. The predicted octanol–water partition coefficient (Wildman–Crippen LogP) is 2.22. The van der Waals surface area contributed by atoms with Crippen LogP contribution in [0.4, 0.5) is 4.39 Å². The third-order valence-electron chi connectivity index (χ3n) is 3.75. The van der Waals surface area contributed by atoms with Crippen LogP contribution in [-0.2, 0) is 11.3 Å². The molecule has 0 saturated heterocycles. The fraction of sp³-hybridized carbons (Fsp3) is 0.167. The fourth-order valence-corrected chi connectivity index (χ4v) is 2.98. The Hall–Kier alpha value is -3.07. The van der Waals surface area contributed by atoms with Crippen molar-refractivity contribution in [2.75, 3.05) is 18.7 Å².